The normalized spacial score (nSPS) is 27.2. The highest BCUT2D eigenvalue weighted by Gasteiger charge is 2.49. The van der Waals surface area contributed by atoms with Gasteiger partial charge in [0.25, 0.3) is 0 Å². The zero-order valence-corrected chi connectivity index (χ0v) is 19.4. The Morgan fingerprint density at radius 2 is 1.71 bits per heavy atom. The summed E-state index contributed by atoms with van der Waals surface area (Å²) in [4.78, 5) is 37.2. The Morgan fingerprint density at radius 1 is 1.06 bits per heavy atom. The lowest BCUT2D eigenvalue weighted by molar-refractivity contribution is -0.148. The van der Waals surface area contributed by atoms with E-state index in [9.17, 15) is 19.5 Å². The molecular weight excluding hydrogens is 452 g/mol. The number of aliphatic carboxylic acids is 1. The maximum Gasteiger partial charge on any atom is 0.407 e. The van der Waals surface area contributed by atoms with Gasteiger partial charge in [-0.25, -0.2) is 9.59 Å². The molecule has 0 spiro atoms. The van der Waals surface area contributed by atoms with Crippen molar-refractivity contribution in [3.05, 3.63) is 59.7 Å². The maximum absolute atomic E-state index is 13.1. The van der Waals surface area contributed by atoms with Crippen molar-refractivity contribution in [3.8, 4) is 11.1 Å². The number of carboxylic acids is 1. The molecule has 4 atom stereocenters. The highest BCUT2D eigenvalue weighted by atomic mass is 16.6. The molecule has 0 bridgehead atoms. The Hall–Kier alpha value is -3.43. The van der Waals surface area contributed by atoms with Crippen LogP contribution in [0.5, 0.6) is 0 Å². The third kappa shape index (κ3) is 4.26. The van der Waals surface area contributed by atoms with Gasteiger partial charge in [0.1, 0.15) is 6.61 Å². The molecule has 0 radical (unpaired) electrons. The van der Waals surface area contributed by atoms with Crippen molar-refractivity contribution in [1.82, 2.24) is 10.6 Å². The van der Waals surface area contributed by atoms with Crippen molar-refractivity contribution in [2.45, 2.75) is 37.5 Å². The van der Waals surface area contributed by atoms with E-state index in [1.54, 1.807) is 6.92 Å². The third-order valence-corrected chi connectivity index (χ3v) is 7.26. The molecule has 9 nitrogen and oxygen atoms in total. The minimum absolute atomic E-state index is 0.0713. The van der Waals surface area contributed by atoms with E-state index in [0.717, 1.165) is 22.3 Å². The molecule has 2 saturated heterocycles. The predicted octanol–water partition coefficient (Wildman–Crippen LogP) is 2.29. The SMILES string of the molecule is CC1(C(=O)N[C@@H]2CCO[C@@H]2C(=O)O)COCC1NC(=O)OCC1c2ccccc2-c2ccccc21. The Balaban J connectivity index is 1.22. The molecule has 0 saturated carbocycles. The third-order valence-electron chi connectivity index (χ3n) is 7.26. The number of hydrogen-bond acceptors (Lipinski definition) is 6. The first-order valence-electron chi connectivity index (χ1n) is 11.7. The number of carbonyl (C=O) groups excluding carboxylic acids is 2. The molecule has 35 heavy (non-hydrogen) atoms. The molecular formula is C26H28N2O7. The van der Waals surface area contributed by atoms with Gasteiger partial charge in [0, 0.05) is 12.5 Å². The van der Waals surface area contributed by atoms with Gasteiger partial charge in [0.2, 0.25) is 5.91 Å². The highest BCUT2D eigenvalue weighted by molar-refractivity contribution is 5.86. The first-order chi connectivity index (χ1) is 16.9. The molecule has 184 valence electrons. The molecule has 0 aromatic heterocycles. The van der Waals surface area contributed by atoms with E-state index < -0.39 is 35.7 Å². The van der Waals surface area contributed by atoms with E-state index in [1.807, 2.05) is 36.4 Å². The molecule has 5 rings (SSSR count). The molecule has 2 amide bonds. The second-order valence-corrected chi connectivity index (χ2v) is 9.45. The minimum Gasteiger partial charge on any atom is -0.479 e. The second kappa shape index (κ2) is 9.31. The lowest BCUT2D eigenvalue weighted by Crippen LogP contribution is -2.56. The first-order valence-corrected chi connectivity index (χ1v) is 11.7. The summed E-state index contributed by atoms with van der Waals surface area (Å²) in [7, 11) is 0. The van der Waals surface area contributed by atoms with Crippen molar-refractivity contribution in [2.75, 3.05) is 26.4 Å². The predicted molar refractivity (Wildman–Crippen MR) is 125 cm³/mol. The second-order valence-electron chi connectivity index (χ2n) is 9.45. The van der Waals surface area contributed by atoms with Crippen LogP contribution in [-0.4, -0.2) is 67.7 Å². The lowest BCUT2D eigenvalue weighted by atomic mass is 9.84. The summed E-state index contributed by atoms with van der Waals surface area (Å²) in [5.41, 5.74) is 3.43. The fraction of sp³-hybridized carbons (Fsp3) is 0.423. The fourth-order valence-corrected chi connectivity index (χ4v) is 5.19. The standard InChI is InChI=1S/C26H28N2O7/c1-26(24(31)27-20-10-11-34-22(20)23(29)30)14-33-13-21(26)28-25(32)35-12-19-17-8-4-2-6-15(17)16-7-3-5-9-18(16)19/h2-9,19-22H,10-14H2,1H3,(H,27,31)(H,28,32)(H,29,30)/t20-,21?,22+,26?/m1/s1. The number of fused-ring (bicyclic) bond motifs is 3. The van der Waals surface area contributed by atoms with Crippen molar-refractivity contribution in [1.29, 1.82) is 0 Å². The number of carboxylic acid groups (broad SMARTS) is 1. The van der Waals surface area contributed by atoms with Crippen molar-refractivity contribution in [2.24, 2.45) is 5.41 Å². The average Bonchev–Trinajstić information content (AvgIpc) is 3.55. The topological polar surface area (TPSA) is 123 Å². The van der Waals surface area contributed by atoms with Crippen LogP contribution in [0.4, 0.5) is 4.79 Å². The van der Waals surface area contributed by atoms with Gasteiger partial charge in [-0.05, 0) is 35.6 Å². The van der Waals surface area contributed by atoms with E-state index in [2.05, 4.69) is 22.8 Å². The average molecular weight is 481 g/mol. The van der Waals surface area contributed by atoms with E-state index in [4.69, 9.17) is 14.2 Å². The van der Waals surface area contributed by atoms with Gasteiger partial charge < -0.3 is 30.0 Å². The van der Waals surface area contributed by atoms with E-state index in [1.165, 1.54) is 0 Å². The van der Waals surface area contributed by atoms with Crippen molar-refractivity contribution in [3.63, 3.8) is 0 Å². The quantitative estimate of drug-likeness (QED) is 0.580. The smallest absolute Gasteiger partial charge is 0.407 e. The molecule has 9 heteroatoms. The minimum atomic E-state index is -1.12. The van der Waals surface area contributed by atoms with Gasteiger partial charge in [-0.3, -0.25) is 4.79 Å². The number of carbonyl (C=O) groups is 3. The number of ether oxygens (including phenoxy) is 3. The Morgan fingerprint density at radius 3 is 2.37 bits per heavy atom. The zero-order valence-electron chi connectivity index (χ0n) is 19.4. The Kier molecular flexibility index (Phi) is 6.21. The van der Waals surface area contributed by atoms with Gasteiger partial charge in [0.05, 0.1) is 30.7 Å². The number of rotatable bonds is 6. The molecule has 2 unspecified atom stereocenters. The lowest BCUT2D eigenvalue weighted by Gasteiger charge is -2.30. The Bertz CT molecular complexity index is 1110. The van der Waals surface area contributed by atoms with Crippen LogP contribution in [0.1, 0.15) is 30.4 Å². The molecule has 2 aromatic carbocycles. The summed E-state index contributed by atoms with van der Waals surface area (Å²) >= 11 is 0. The van der Waals surface area contributed by atoms with Gasteiger partial charge in [-0.15, -0.1) is 0 Å². The Labute approximate surface area is 202 Å². The number of amides is 2. The number of alkyl carbamates (subject to hydrolysis) is 1. The molecule has 1 aliphatic carbocycles. The fourth-order valence-electron chi connectivity index (χ4n) is 5.19. The first kappa shape index (κ1) is 23.3. The number of hydrogen-bond donors (Lipinski definition) is 3. The van der Waals surface area contributed by atoms with Crippen LogP contribution in [0.15, 0.2) is 48.5 Å². The highest BCUT2D eigenvalue weighted by Crippen LogP contribution is 2.44. The molecule has 2 aliphatic heterocycles. The largest absolute Gasteiger partial charge is 0.479 e. The van der Waals surface area contributed by atoms with Crippen LogP contribution in [0.2, 0.25) is 0 Å². The van der Waals surface area contributed by atoms with Gasteiger partial charge in [-0.1, -0.05) is 48.5 Å². The van der Waals surface area contributed by atoms with Crippen LogP contribution in [0.3, 0.4) is 0 Å². The van der Waals surface area contributed by atoms with Gasteiger partial charge in [0.15, 0.2) is 6.10 Å². The summed E-state index contributed by atoms with van der Waals surface area (Å²) in [5, 5.41) is 14.9. The van der Waals surface area contributed by atoms with Crippen LogP contribution >= 0.6 is 0 Å². The van der Waals surface area contributed by atoms with Gasteiger partial charge in [-0.2, -0.15) is 0 Å². The van der Waals surface area contributed by atoms with E-state index in [0.29, 0.717) is 6.42 Å². The molecule has 2 aromatic rings. The van der Waals surface area contributed by atoms with Gasteiger partial charge >= 0.3 is 12.1 Å². The monoisotopic (exact) mass is 480 g/mol. The summed E-state index contributed by atoms with van der Waals surface area (Å²) in [6.07, 6.45) is -1.31. The molecule has 3 N–H and O–H groups in total. The van der Waals surface area contributed by atoms with Crippen LogP contribution < -0.4 is 10.6 Å². The van der Waals surface area contributed by atoms with Crippen molar-refractivity contribution < 1.29 is 33.7 Å². The zero-order chi connectivity index (χ0) is 24.6. The summed E-state index contributed by atoms with van der Waals surface area (Å²) in [6.45, 7) is 2.36. The van der Waals surface area contributed by atoms with Crippen LogP contribution in [0, 0.1) is 5.41 Å². The number of benzene rings is 2. The maximum atomic E-state index is 13.1. The summed E-state index contributed by atoms with van der Waals surface area (Å²) in [5.74, 6) is -1.58. The molecule has 3 aliphatic rings. The summed E-state index contributed by atoms with van der Waals surface area (Å²) < 4.78 is 16.4. The van der Waals surface area contributed by atoms with E-state index >= 15 is 0 Å². The van der Waals surface area contributed by atoms with Crippen molar-refractivity contribution >= 4 is 18.0 Å². The van der Waals surface area contributed by atoms with Crippen LogP contribution in [-0.2, 0) is 23.8 Å². The van der Waals surface area contributed by atoms with E-state index in [-0.39, 0.29) is 38.3 Å². The molecule has 2 fully saturated rings. The summed E-state index contributed by atoms with van der Waals surface area (Å²) in [6, 6.07) is 14.9. The number of nitrogens with one attached hydrogen (secondary N) is 2. The van der Waals surface area contributed by atoms with Crippen LogP contribution in [0.25, 0.3) is 11.1 Å². The molecule has 2 heterocycles.